The van der Waals surface area contributed by atoms with E-state index in [-0.39, 0.29) is 0 Å². The summed E-state index contributed by atoms with van der Waals surface area (Å²) in [6, 6.07) is 17.3. The normalized spacial score (nSPS) is 20.0. The predicted octanol–water partition coefficient (Wildman–Crippen LogP) is 7.55. The molecule has 0 heterocycles. The van der Waals surface area contributed by atoms with E-state index in [9.17, 15) is 0 Å². The number of hydrogen-bond acceptors (Lipinski definition) is 2. The second kappa shape index (κ2) is 9.08. The molecule has 1 fully saturated rings. The lowest BCUT2D eigenvalue weighted by molar-refractivity contribution is 0.304. The first-order valence-corrected chi connectivity index (χ1v) is 9.99. The lowest BCUT2D eigenvalue weighted by Crippen LogP contribution is -2.13. The van der Waals surface area contributed by atoms with E-state index in [1.807, 2.05) is 12.1 Å². The smallest absolute Gasteiger partial charge is 0.0739 e. The van der Waals surface area contributed by atoms with Crippen molar-refractivity contribution in [1.82, 2.24) is 0 Å². The van der Waals surface area contributed by atoms with Gasteiger partial charge >= 0.3 is 0 Å². The Bertz CT molecular complexity index is 703. The molecular formula is C23H27NS. The van der Waals surface area contributed by atoms with E-state index in [0.29, 0.717) is 0 Å². The van der Waals surface area contributed by atoms with Gasteiger partial charge in [0.15, 0.2) is 0 Å². The van der Waals surface area contributed by atoms with Gasteiger partial charge in [0.05, 0.1) is 10.8 Å². The summed E-state index contributed by atoms with van der Waals surface area (Å²) in [5.41, 5.74) is 4.85. The number of benzene rings is 2. The topological polar surface area (TPSA) is 12.4 Å². The molecule has 1 saturated carbocycles. The quantitative estimate of drug-likeness (QED) is 0.387. The highest BCUT2D eigenvalue weighted by molar-refractivity contribution is 7.78. The summed E-state index contributed by atoms with van der Waals surface area (Å²) in [7, 11) is 0. The monoisotopic (exact) mass is 349 g/mol. The summed E-state index contributed by atoms with van der Waals surface area (Å²) >= 11 is 4.65. The van der Waals surface area contributed by atoms with Crippen molar-refractivity contribution in [1.29, 1.82) is 0 Å². The molecule has 0 amide bonds. The van der Waals surface area contributed by atoms with E-state index >= 15 is 0 Å². The molecular weight excluding hydrogens is 322 g/mol. The van der Waals surface area contributed by atoms with Crippen LogP contribution in [0.2, 0.25) is 0 Å². The lowest BCUT2D eigenvalue weighted by Gasteiger charge is -2.29. The molecule has 0 aromatic heterocycles. The minimum absolute atomic E-state index is 0.756. The maximum atomic E-state index is 4.65. The predicted molar refractivity (Wildman–Crippen MR) is 111 cm³/mol. The molecule has 0 saturated heterocycles. The van der Waals surface area contributed by atoms with Crippen LogP contribution in [0.4, 0.5) is 5.69 Å². The average Bonchev–Trinajstić information content (AvgIpc) is 2.68. The Kier molecular flexibility index (Phi) is 6.55. The molecule has 25 heavy (non-hydrogen) atoms. The highest BCUT2D eigenvalue weighted by Gasteiger charge is 2.21. The zero-order valence-corrected chi connectivity index (χ0v) is 15.9. The van der Waals surface area contributed by atoms with Gasteiger partial charge in [0, 0.05) is 0 Å². The van der Waals surface area contributed by atoms with Crippen LogP contribution in [0.5, 0.6) is 0 Å². The van der Waals surface area contributed by atoms with Crippen LogP contribution < -0.4 is 0 Å². The van der Waals surface area contributed by atoms with Gasteiger partial charge in [-0.15, -0.1) is 0 Å². The van der Waals surface area contributed by atoms with Gasteiger partial charge in [0.25, 0.3) is 0 Å². The van der Waals surface area contributed by atoms with E-state index in [4.69, 9.17) is 0 Å². The zero-order chi connectivity index (χ0) is 17.5. The van der Waals surface area contributed by atoms with Crippen LogP contribution in [-0.4, -0.2) is 5.16 Å². The van der Waals surface area contributed by atoms with Crippen LogP contribution in [0.25, 0.3) is 11.1 Å². The lowest BCUT2D eigenvalue weighted by atomic mass is 9.77. The van der Waals surface area contributed by atoms with E-state index in [1.165, 1.54) is 61.6 Å². The maximum absolute atomic E-state index is 4.65. The van der Waals surface area contributed by atoms with Crippen molar-refractivity contribution in [2.75, 3.05) is 0 Å². The van der Waals surface area contributed by atoms with Gasteiger partial charge in [-0.2, -0.15) is 4.99 Å². The van der Waals surface area contributed by atoms with Gasteiger partial charge in [0.1, 0.15) is 0 Å². The van der Waals surface area contributed by atoms with E-state index in [2.05, 4.69) is 65.7 Å². The van der Waals surface area contributed by atoms with Crippen molar-refractivity contribution in [3.8, 4) is 11.1 Å². The number of isothiocyanates is 1. The molecule has 2 aromatic rings. The third-order valence-corrected chi connectivity index (χ3v) is 5.66. The highest BCUT2D eigenvalue weighted by Crippen LogP contribution is 2.38. The molecule has 2 heteroatoms. The van der Waals surface area contributed by atoms with Gasteiger partial charge < -0.3 is 0 Å². The van der Waals surface area contributed by atoms with Crippen molar-refractivity contribution in [3.63, 3.8) is 0 Å². The average molecular weight is 350 g/mol. The first-order chi connectivity index (χ1) is 12.3. The number of aliphatic imine (C=N–C) groups is 1. The third kappa shape index (κ3) is 4.87. The third-order valence-electron chi connectivity index (χ3n) is 5.57. The number of thiocarbonyl (C=S) groups is 1. The molecule has 0 spiro atoms. The Balaban J connectivity index is 1.61. The SMILES string of the molecule is CCCCC1CCC(c2ccc(-c3ccc(N=C=S)cc3)cc2)CC1. The number of hydrogen-bond donors (Lipinski definition) is 0. The minimum atomic E-state index is 0.756. The molecule has 1 aliphatic carbocycles. The maximum Gasteiger partial charge on any atom is 0.0739 e. The summed E-state index contributed by atoms with van der Waals surface area (Å²) in [5, 5.41) is 2.41. The number of unbranched alkanes of at least 4 members (excludes halogenated alkanes) is 1. The van der Waals surface area contributed by atoms with Crippen LogP contribution >= 0.6 is 12.2 Å². The van der Waals surface area contributed by atoms with Gasteiger partial charge in [-0.25, -0.2) is 0 Å². The summed E-state index contributed by atoms with van der Waals surface area (Å²) in [4.78, 5) is 4.01. The first-order valence-electron chi connectivity index (χ1n) is 9.58. The van der Waals surface area contributed by atoms with Gasteiger partial charge in [-0.1, -0.05) is 62.6 Å². The highest BCUT2D eigenvalue weighted by atomic mass is 32.1. The summed E-state index contributed by atoms with van der Waals surface area (Å²) in [6.07, 6.45) is 9.71. The summed E-state index contributed by atoms with van der Waals surface area (Å²) in [5.74, 6) is 1.73. The number of rotatable bonds is 6. The van der Waals surface area contributed by atoms with Crippen LogP contribution in [-0.2, 0) is 0 Å². The molecule has 1 aliphatic rings. The molecule has 0 radical (unpaired) electrons. The molecule has 0 bridgehead atoms. The molecule has 1 nitrogen and oxygen atoms in total. The number of nitrogens with zero attached hydrogens (tertiary/aromatic N) is 1. The fourth-order valence-corrected chi connectivity index (χ4v) is 4.11. The van der Waals surface area contributed by atoms with Gasteiger partial charge in [-0.3, -0.25) is 0 Å². The van der Waals surface area contributed by atoms with E-state index in [1.54, 1.807) is 0 Å². The van der Waals surface area contributed by atoms with Crippen molar-refractivity contribution in [2.24, 2.45) is 10.9 Å². The summed E-state index contributed by atoms with van der Waals surface area (Å²) in [6.45, 7) is 2.30. The standard InChI is InChI=1S/C23H27NS/c1-2-3-4-18-5-7-19(8-6-18)20-9-11-21(12-10-20)22-13-15-23(16-14-22)24-17-25/h9-16,18-19H,2-8H2,1H3. The van der Waals surface area contributed by atoms with Gasteiger partial charge in [-0.05, 0) is 78.6 Å². The summed E-state index contributed by atoms with van der Waals surface area (Å²) < 4.78 is 0. The van der Waals surface area contributed by atoms with E-state index in [0.717, 1.165) is 17.5 Å². The molecule has 2 aromatic carbocycles. The van der Waals surface area contributed by atoms with E-state index < -0.39 is 0 Å². The van der Waals surface area contributed by atoms with Crippen molar-refractivity contribution in [2.45, 2.75) is 57.8 Å². The van der Waals surface area contributed by atoms with Crippen LogP contribution in [0.1, 0.15) is 63.4 Å². The van der Waals surface area contributed by atoms with Crippen molar-refractivity contribution >= 4 is 23.1 Å². The Morgan fingerprint density at radius 3 is 2.08 bits per heavy atom. The fraction of sp³-hybridized carbons (Fsp3) is 0.435. The van der Waals surface area contributed by atoms with Crippen LogP contribution in [0.3, 0.4) is 0 Å². The Hall–Kier alpha value is -1.76. The largest absolute Gasteiger partial charge is 0.195 e. The molecule has 0 atom stereocenters. The first kappa shape index (κ1) is 18.0. The Labute approximate surface area is 157 Å². The molecule has 3 rings (SSSR count). The minimum Gasteiger partial charge on any atom is -0.195 e. The van der Waals surface area contributed by atoms with Crippen molar-refractivity contribution in [3.05, 3.63) is 54.1 Å². The molecule has 0 unspecified atom stereocenters. The zero-order valence-electron chi connectivity index (χ0n) is 15.1. The molecule has 130 valence electrons. The van der Waals surface area contributed by atoms with Gasteiger partial charge in [0.2, 0.25) is 0 Å². The van der Waals surface area contributed by atoms with Crippen LogP contribution in [0.15, 0.2) is 53.5 Å². The second-order valence-electron chi connectivity index (χ2n) is 7.23. The molecule has 0 aliphatic heterocycles. The van der Waals surface area contributed by atoms with Crippen LogP contribution in [0, 0.1) is 5.92 Å². The van der Waals surface area contributed by atoms with Crippen molar-refractivity contribution < 1.29 is 0 Å². The Morgan fingerprint density at radius 1 is 0.920 bits per heavy atom. The molecule has 0 N–H and O–H groups in total. The second-order valence-corrected chi connectivity index (χ2v) is 7.41. The Morgan fingerprint density at radius 2 is 1.52 bits per heavy atom. The fourth-order valence-electron chi connectivity index (χ4n) is 4.01.